The van der Waals surface area contributed by atoms with E-state index in [0.717, 1.165) is 6.07 Å². The second-order valence-electron chi connectivity index (χ2n) is 6.25. The van der Waals surface area contributed by atoms with Crippen LogP contribution in [0.1, 0.15) is 23.0 Å². The Morgan fingerprint density at radius 3 is 2.68 bits per heavy atom. The third-order valence-electron chi connectivity index (χ3n) is 4.19. The van der Waals surface area contributed by atoms with E-state index < -0.39 is 10.9 Å². The SMILES string of the molecule is COc1ccccc1N(C(C)=O)c1nc(COC(=O)c2cc([N+](=O)[O-])ccc2N)cs1. The minimum absolute atomic E-state index is 0.0634. The first-order chi connectivity index (χ1) is 14.8. The topological polar surface area (TPSA) is 138 Å². The number of hydrogen-bond donors (Lipinski definition) is 1. The lowest BCUT2D eigenvalue weighted by atomic mass is 10.1. The highest BCUT2D eigenvalue weighted by Crippen LogP contribution is 2.35. The third-order valence-corrected chi connectivity index (χ3v) is 5.07. The quantitative estimate of drug-likeness (QED) is 0.253. The molecule has 0 fully saturated rings. The molecular weight excluding hydrogens is 424 g/mol. The smallest absolute Gasteiger partial charge is 0.340 e. The van der Waals surface area contributed by atoms with Crippen LogP contribution in [0.4, 0.5) is 22.2 Å². The molecule has 2 N–H and O–H groups in total. The van der Waals surface area contributed by atoms with Gasteiger partial charge >= 0.3 is 5.97 Å². The van der Waals surface area contributed by atoms with Crippen LogP contribution < -0.4 is 15.4 Å². The highest BCUT2D eigenvalue weighted by atomic mass is 32.1. The Hall–Kier alpha value is -3.99. The molecule has 0 spiro atoms. The van der Waals surface area contributed by atoms with Crippen LogP contribution in [0.2, 0.25) is 0 Å². The number of nitrogens with two attached hydrogens (primary N) is 1. The molecule has 0 aliphatic rings. The Bertz CT molecular complexity index is 1150. The van der Waals surface area contributed by atoms with Crippen molar-refractivity contribution in [1.82, 2.24) is 4.98 Å². The van der Waals surface area contributed by atoms with Crippen molar-refractivity contribution >= 4 is 45.4 Å². The number of anilines is 3. The number of methoxy groups -OCH3 is 1. The van der Waals surface area contributed by atoms with Crippen LogP contribution in [0, 0.1) is 10.1 Å². The number of ether oxygens (including phenoxy) is 2. The minimum Gasteiger partial charge on any atom is -0.495 e. The Balaban J connectivity index is 1.78. The number of benzene rings is 2. The number of hydrogen-bond acceptors (Lipinski definition) is 9. The van der Waals surface area contributed by atoms with Gasteiger partial charge in [-0.3, -0.25) is 19.8 Å². The van der Waals surface area contributed by atoms with E-state index >= 15 is 0 Å². The molecule has 1 heterocycles. The Morgan fingerprint density at radius 1 is 1.26 bits per heavy atom. The van der Waals surface area contributed by atoms with Gasteiger partial charge < -0.3 is 15.2 Å². The first kappa shape index (κ1) is 21.7. The summed E-state index contributed by atoms with van der Waals surface area (Å²) in [5.41, 5.74) is 6.35. The van der Waals surface area contributed by atoms with Crippen LogP contribution in [0.25, 0.3) is 0 Å². The first-order valence-electron chi connectivity index (χ1n) is 8.91. The largest absolute Gasteiger partial charge is 0.495 e. The number of amides is 1. The van der Waals surface area contributed by atoms with Crippen molar-refractivity contribution in [3.8, 4) is 5.75 Å². The zero-order valence-electron chi connectivity index (χ0n) is 16.6. The van der Waals surface area contributed by atoms with Gasteiger partial charge in [-0.15, -0.1) is 11.3 Å². The number of nitrogen functional groups attached to an aromatic ring is 1. The van der Waals surface area contributed by atoms with Gasteiger partial charge in [0.1, 0.15) is 12.4 Å². The molecule has 11 heteroatoms. The number of nitro groups is 1. The summed E-state index contributed by atoms with van der Waals surface area (Å²) in [5.74, 6) is -0.585. The monoisotopic (exact) mass is 442 g/mol. The number of thiazole rings is 1. The first-order valence-corrected chi connectivity index (χ1v) is 9.79. The molecular formula is C20H18N4O6S. The van der Waals surface area contributed by atoms with Crippen molar-refractivity contribution in [2.24, 2.45) is 0 Å². The Morgan fingerprint density at radius 2 is 2.00 bits per heavy atom. The summed E-state index contributed by atoms with van der Waals surface area (Å²) >= 11 is 1.19. The Kier molecular flexibility index (Phi) is 6.46. The van der Waals surface area contributed by atoms with Crippen molar-refractivity contribution in [1.29, 1.82) is 0 Å². The lowest BCUT2D eigenvalue weighted by Gasteiger charge is -2.20. The van der Waals surface area contributed by atoms with Gasteiger partial charge in [0.15, 0.2) is 5.13 Å². The van der Waals surface area contributed by atoms with Gasteiger partial charge in [0.05, 0.1) is 29.0 Å². The van der Waals surface area contributed by atoms with E-state index in [0.29, 0.717) is 22.3 Å². The average Bonchev–Trinajstić information content (AvgIpc) is 3.20. The standard InChI is InChI=1S/C20H18N4O6S/c1-12(25)23(17-5-3-4-6-18(17)29-2)20-22-13(11-31-20)10-30-19(26)15-9-14(24(27)28)7-8-16(15)21/h3-9,11H,10,21H2,1-2H3. The summed E-state index contributed by atoms with van der Waals surface area (Å²) in [5, 5.41) is 12.9. The number of carbonyl (C=O) groups is 2. The van der Waals surface area contributed by atoms with E-state index in [1.807, 2.05) is 0 Å². The Labute approximate surface area is 181 Å². The fourth-order valence-corrected chi connectivity index (χ4v) is 3.60. The van der Waals surface area contributed by atoms with E-state index in [1.165, 1.54) is 42.4 Å². The average molecular weight is 442 g/mol. The summed E-state index contributed by atoms with van der Waals surface area (Å²) < 4.78 is 10.5. The van der Waals surface area contributed by atoms with Crippen LogP contribution in [-0.2, 0) is 16.1 Å². The van der Waals surface area contributed by atoms with E-state index in [1.54, 1.807) is 29.6 Å². The molecule has 0 aliphatic carbocycles. The fourth-order valence-electron chi connectivity index (χ4n) is 2.74. The highest BCUT2D eigenvalue weighted by Gasteiger charge is 2.22. The maximum atomic E-state index is 12.3. The predicted octanol–water partition coefficient (Wildman–Crippen LogP) is 3.68. The van der Waals surface area contributed by atoms with Crippen molar-refractivity contribution in [3.05, 3.63) is 69.2 Å². The van der Waals surface area contributed by atoms with Gasteiger partial charge in [0.2, 0.25) is 5.91 Å². The molecule has 31 heavy (non-hydrogen) atoms. The van der Waals surface area contributed by atoms with Crippen LogP contribution in [0.3, 0.4) is 0 Å². The van der Waals surface area contributed by atoms with Crippen LogP contribution in [-0.4, -0.2) is 28.9 Å². The van der Waals surface area contributed by atoms with E-state index in [9.17, 15) is 19.7 Å². The zero-order chi connectivity index (χ0) is 22.5. The van der Waals surface area contributed by atoms with Crippen molar-refractivity contribution in [2.75, 3.05) is 17.7 Å². The van der Waals surface area contributed by atoms with E-state index in [4.69, 9.17) is 15.2 Å². The lowest BCUT2D eigenvalue weighted by molar-refractivity contribution is -0.384. The van der Waals surface area contributed by atoms with Crippen molar-refractivity contribution < 1.29 is 24.0 Å². The number of nitro benzene ring substituents is 1. The molecule has 1 aromatic heterocycles. The van der Waals surface area contributed by atoms with Crippen molar-refractivity contribution in [2.45, 2.75) is 13.5 Å². The van der Waals surface area contributed by atoms with Crippen LogP contribution in [0.15, 0.2) is 47.8 Å². The molecule has 2 aromatic carbocycles. The zero-order valence-corrected chi connectivity index (χ0v) is 17.4. The van der Waals surface area contributed by atoms with Crippen molar-refractivity contribution in [3.63, 3.8) is 0 Å². The van der Waals surface area contributed by atoms with Gasteiger partial charge in [-0.05, 0) is 18.2 Å². The number of aromatic nitrogens is 1. The molecule has 0 saturated heterocycles. The second-order valence-corrected chi connectivity index (χ2v) is 7.09. The maximum absolute atomic E-state index is 12.3. The number of non-ortho nitro benzene ring substituents is 1. The van der Waals surface area contributed by atoms with E-state index in [2.05, 4.69) is 4.98 Å². The molecule has 1 amide bonds. The number of nitrogens with zero attached hydrogens (tertiary/aromatic N) is 3. The van der Waals surface area contributed by atoms with Crippen LogP contribution in [0.5, 0.6) is 5.75 Å². The minimum atomic E-state index is -0.816. The van der Waals surface area contributed by atoms with Gasteiger partial charge in [-0.25, -0.2) is 9.78 Å². The molecule has 3 rings (SSSR count). The fraction of sp³-hybridized carbons (Fsp3) is 0.150. The number of esters is 1. The summed E-state index contributed by atoms with van der Waals surface area (Å²) in [6.07, 6.45) is 0. The van der Waals surface area contributed by atoms with Gasteiger partial charge in [-0.2, -0.15) is 0 Å². The molecule has 0 saturated carbocycles. The van der Waals surface area contributed by atoms with Crippen LogP contribution >= 0.6 is 11.3 Å². The number of carbonyl (C=O) groups excluding carboxylic acids is 2. The number of rotatable bonds is 7. The summed E-state index contributed by atoms with van der Waals surface area (Å²) in [6, 6.07) is 10.5. The molecule has 3 aromatic rings. The predicted molar refractivity (Wildman–Crippen MR) is 115 cm³/mol. The maximum Gasteiger partial charge on any atom is 0.340 e. The number of para-hydroxylation sites is 2. The molecule has 0 aliphatic heterocycles. The molecule has 0 bridgehead atoms. The molecule has 0 unspecified atom stereocenters. The molecule has 0 atom stereocenters. The normalized spacial score (nSPS) is 10.4. The molecule has 0 radical (unpaired) electrons. The second kappa shape index (κ2) is 9.22. The molecule has 160 valence electrons. The molecule has 10 nitrogen and oxygen atoms in total. The highest BCUT2D eigenvalue weighted by molar-refractivity contribution is 7.14. The lowest BCUT2D eigenvalue weighted by Crippen LogP contribution is -2.23. The summed E-state index contributed by atoms with van der Waals surface area (Å²) in [7, 11) is 1.50. The third kappa shape index (κ3) is 4.78. The van der Waals surface area contributed by atoms with Gasteiger partial charge in [0.25, 0.3) is 5.69 Å². The summed E-state index contributed by atoms with van der Waals surface area (Å²) in [6.45, 7) is 1.20. The summed E-state index contributed by atoms with van der Waals surface area (Å²) in [4.78, 5) is 40.7. The van der Waals surface area contributed by atoms with Gasteiger partial charge in [-0.1, -0.05) is 12.1 Å². The van der Waals surface area contributed by atoms with E-state index in [-0.39, 0.29) is 29.5 Å². The van der Waals surface area contributed by atoms with Gasteiger partial charge in [0, 0.05) is 30.1 Å².